The summed E-state index contributed by atoms with van der Waals surface area (Å²) in [5, 5.41) is 0.809. The molecule has 0 radical (unpaired) electrons. The lowest BCUT2D eigenvalue weighted by atomic mass is 10.1. The number of halogens is 1. The van der Waals surface area contributed by atoms with E-state index in [2.05, 4.69) is 40.8 Å². The van der Waals surface area contributed by atoms with Crippen LogP contribution in [0.4, 0.5) is 0 Å². The SMILES string of the molecule is Cc1cc(C)cc(Oc2ccc(CBr)cn2)c1. The molecular formula is C14H14BrNO. The molecule has 0 aliphatic carbocycles. The maximum absolute atomic E-state index is 5.71. The summed E-state index contributed by atoms with van der Waals surface area (Å²) in [5.74, 6) is 1.46. The number of ether oxygens (including phenoxy) is 1. The van der Waals surface area contributed by atoms with Crippen molar-refractivity contribution in [1.82, 2.24) is 4.98 Å². The molecule has 0 fully saturated rings. The number of benzene rings is 1. The first kappa shape index (κ1) is 12.1. The molecule has 0 amide bonds. The third-order valence-corrected chi connectivity index (χ3v) is 3.02. The lowest BCUT2D eigenvalue weighted by Gasteiger charge is -2.07. The van der Waals surface area contributed by atoms with E-state index in [1.54, 1.807) is 0 Å². The Morgan fingerprint density at radius 3 is 2.35 bits per heavy atom. The minimum atomic E-state index is 0.625. The summed E-state index contributed by atoms with van der Waals surface area (Å²) < 4.78 is 5.71. The molecule has 88 valence electrons. The number of hydrogen-bond acceptors (Lipinski definition) is 2. The molecule has 1 heterocycles. The van der Waals surface area contributed by atoms with Gasteiger partial charge in [-0.05, 0) is 42.7 Å². The summed E-state index contributed by atoms with van der Waals surface area (Å²) in [6, 6.07) is 10.0. The van der Waals surface area contributed by atoms with E-state index in [-0.39, 0.29) is 0 Å². The lowest BCUT2D eigenvalue weighted by molar-refractivity contribution is 0.462. The van der Waals surface area contributed by atoms with Crippen LogP contribution in [0.2, 0.25) is 0 Å². The van der Waals surface area contributed by atoms with Crippen LogP contribution in [0.15, 0.2) is 36.5 Å². The minimum Gasteiger partial charge on any atom is -0.439 e. The fourth-order valence-electron chi connectivity index (χ4n) is 1.66. The second-order valence-corrected chi connectivity index (χ2v) is 4.62. The molecule has 0 N–H and O–H groups in total. The molecule has 0 atom stereocenters. The van der Waals surface area contributed by atoms with Crippen LogP contribution in [-0.4, -0.2) is 4.98 Å². The fraction of sp³-hybridized carbons (Fsp3) is 0.214. The second kappa shape index (κ2) is 5.32. The summed E-state index contributed by atoms with van der Waals surface area (Å²) in [7, 11) is 0. The Bertz CT molecular complexity index is 488. The van der Waals surface area contributed by atoms with E-state index < -0.39 is 0 Å². The zero-order valence-corrected chi connectivity index (χ0v) is 11.5. The smallest absolute Gasteiger partial charge is 0.219 e. The van der Waals surface area contributed by atoms with Gasteiger partial charge < -0.3 is 4.74 Å². The quantitative estimate of drug-likeness (QED) is 0.783. The molecule has 1 aromatic carbocycles. The van der Waals surface area contributed by atoms with Crippen molar-refractivity contribution in [2.45, 2.75) is 19.2 Å². The Hall–Kier alpha value is -1.35. The number of rotatable bonds is 3. The molecule has 0 saturated heterocycles. The van der Waals surface area contributed by atoms with Crippen LogP contribution in [0.5, 0.6) is 11.6 Å². The van der Waals surface area contributed by atoms with Crippen LogP contribution >= 0.6 is 15.9 Å². The zero-order valence-electron chi connectivity index (χ0n) is 9.90. The van der Waals surface area contributed by atoms with Gasteiger partial charge in [0.2, 0.25) is 5.88 Å². The van der Waals surface area contributed by atoms with Gasteiger partial charge >= 0.3 is 0 Å². The van der Waals surface area contributed by atoms with Gasteiger partial charge in [-0.15, -0.1) is 0 Å². The van der Waals surface area contributed by atoms with Crippen LogP contribution in [0.25, 0.3) is 0 Å². The van der Waals surface area contributed by atoms with Crippen molar-refractivity contribution in [3.05, 3.63) is 53.2 Å². The van der Waals surface area contributed by atoms with Gasteiger partial charge in [0.25, 0.3) is 0 Å². The van der Waals surface area contributed by atoms with Crippen LogP contribution < -0.4 is 4.74 Å². The van der Waals surface area contributed by atoms with Crippen molar-refractivity contribution >= 4 is 15.9 Å². The lowest BCUT2D eigenvalue weighted by Crippen LogP contribution is -1.90. The predicted molar refractivity (Wildman–Crippen MR) is 72.9 cm³/mol. The molecule has 2 rings (SSSR count). The van der Waals surface area contributed by atoms with E-state index in [9.17, 15) is 0 Å². The van der Waals surface area contributed by atoms with Gasteiger partial charge in [-0.1, -0.05) is 28.1 Å². The zero-order chi connectivity index (χ0) is 12.3. The largest absolute Gasteiger partial charge is 0.439 e. The Balaban J connectivity index is 2.19. The summed E-state index contributed by atoms with van der Waals surface area (Å²) in [6.45, 7) is 4.11. The van der Waals surface area contributed by atoms with Gasteiger partial charge in [-0.2, -0.15) is 0 Å². The van der Waals surface area contributed by atoms with E-state index in [1.165, 1.54) is 11.1 Å². The summed E-state index contributed by atoms with van der Waals surface area (Å²) in [6.07, 6.45) is 1.81. The Labute approximate surface area is 110 Å². The number of hydrogen-bond donors (Lipinski definition) is 0. The summed E-state index contributed by atoms with van der Waals surface area (Å²) in [5.41, 5.74) is 3.52. The van der Waals surface area contributed by atoms with E-state index in [1.807, 2.05) is 30.5 Å². The minimum absolute atomic E-state index is 0.625. The molecule has 0 aliphatic heterocycles. The highest BCUT2D eigenvalue weighted by atomic mass is 79.9. The maximum Gasteiger partial charge on any atom is 0.219 e. The third kappa shape index (κ3) is 3.30. The van der Waals surface area contributed by atoms with Crippen molar-refractivity contribution in [3.8, 4) is 11.6 Å². The molecule has 2 aromatic rings. The van der Waals surface area contributed by atoms with Gasteiger partial charge in [0.1, 0.15) is 5.75 Å². The van der Waals surface area contributed by atoms with Crippen molar-refractivity contribution in [2.24, 2.45) is 0 Å². The van der Waals surface area contributed by atoms with E-state index >= 15 is 0 Å². The molecule has 0 aliphatic rings. The first-order chi connectivity index (χ1) is 8.17. The molecule has 1 aromatic heterocycles. The molecule has 0 unspecified atom stereocenters. The number of nitrogens with zero attached hydrogens (tertiary/aromatic N) is 1. The van der Waals surface area contributed by atoms with E-state index in [0.717, 1.165) is 16.6 Å². The van der Waals surface area contributed by atoms with Crippen LogP contribution in [0.1, 0.15) is 16.7 Å². The fourth-order valence-corrected chi connectivity index (χ4v) is 1.99. The number of alkyl halides is 1. The van der Waals surface area contributed by atoms with Gasteiger partial charge in [0.15, 0.2) is 0 Å². The maximum atomic E-state index is 5.71. The molecule has 17 heavy (non-hydrogen) atoms. The van der Waals surface area contributed by atoms with Gasteiger partial charge in [0, 0.05) is 17.6 Å². The van der Waals surface area contributed by atoms with Gasteiger partial charge in [-0.3, -0.25) is 0 Å². The first-order valence-corrected chi connectivity index (χ1v) is 6.56. The molecule has 2 nitrogen and oxygen atoms in total. The Morgan fingerprint density at radius 1 is 1.12 bits per heavy atom. The molecule has 0 saturated carbocycles. The molecule has 0 bridgehead atoms. The predicted octanol–water partition coefficient (Wildman–Crippen LogP) is 4.39. The highest BCUT2D eigenvalue weighted by Crippen LogP contribution is 2.22. The first-order valence-electron chi connectivity index (χ1n) is 5.44. The normalized spacial score (nSPS) is 10.3. The van der Waals surface area contributed by atoms with Crippen LogP contribution in [0, 0.1) is 13.8 Å². The van der Waals surface area contributed by atoms with Gasteiger partial charge in [0.05, 0.1) is 0 Å². The van der Waals surface area contributed by atoms with Crippen molar-refractivity contribution in [1.29, 1.82) is 0 Å². The molecular weight excluding hydrogens is 278 g/mol. The monoisotopic (exact) mass is 291 g/mol. The van der Waals surface area contributed by atoms with E-state index in [0.29, 0.717) is 5.88 Å². The Morgan fingerprint density at radius 2 is 1.82 bits per heavy atom. The van der Waals surface area contributed by atoms with Crippen molar-refractivity contribution in [2.75, 3.05) is 0 Å². The highest BCUT2D eigenvalue weighted by Gasteiger charge is 2.00. The topological polar surface area (TPSA) is 22.1 Å². The van der Waals surface area contributed by atoms with Crippen LogP contribution in [-0.2, 0) is 5.33 Å². The highest BCUT2D eigenvalue weighted by molar-refractivity contribution is 9.08. The molecule has 3 heteroatoms. The molecule has 0 spiro atoms. The van der Waals surface area contributed by atoms with E-state index in [4.69, 9.17) is 4.74 Å². The number of pyridine rings is 1. The van der Waals surface area contributed by atoms with Crippen LogP contribution in [0.3, 0.4) is 0 Å². The average molecular weight is 292 g/mol. The Kier molecular flexibility index (Phi) is 3.79. The van der Waals surface area contributed by atoms with Crippen molar-refractivity contribution < 1.29 is 4.74 Å². The van der Waals surface area contributed by atoms with Crippen molar-refractivity contribution in [3.63, 3.8) is 0 Å². The second-order valence-electron chi connectivity index (χ2n) is 4.06. The standard InChI is InChI=1S/C14H14BrNO/c1-10-5-11(2)7-13(6-10)17-14-4-3-12(8-15)9-16-14/h3-7,9H,8H2,1-2H3. The average Bonchev–Trinajstić information content (AvgIpc) is 2.28. The number of aromatic nitrogens is 1. The summed E-state index contributed by atoms with van der Waals surface area (Å²) in [4.78, 5) is 4.25. The summed E-state index contributed by atoms with van der Waals surface area (Å²) >= 11 is 3.39. The van der Waals surface area contributed by atoms with Gasteiger partial charge in [-0.25, -0.2) is 4.98 Å². The number of aryl methyl sites for hydroxylation is 2. The third-order valence-electron chi connectivity index (χ3n) is 2.37.